The highest BCUT2D eigenvalue weighted by Crippen LogP contribution is 2.24. The Balaban J connectivity index is 2.08. The molecule has 0 heterocycles. The maximum atomic E-state index is 14.8. The van der Waals surface area contributed by atoms with Crippen molar-refractivity contribution in [2.24, 2.45) is 0 Å². The van der Waals surface area contributed by atoms with Crippen LogP contribution in [-0.4, -0.2) is 53.3 Å². The lowest BCUT2D eigenvalue weighted by Crippen LogP contribution is -2.58. The van der Waals surface area contributed by atoms with Crippen LogP contribution in [0.3, 0.4) is 0 Å². The molecule has 0 radical (unpaired) electrons. The maximum absolute atomic E-state index is 14.8. The Bertz CT molecular complexity index is 980. The molecule has 2 aromatic rings. The van der Waals surface area contributed by atoms with Gasteiger partial charge in [-0.25, -0.2) is 4.79 Å². The molecule has 0 bridgehead atoms. The van der Waals surface area contributed by atoms with Crippen LogP contribution in [0.25, 0.3) is 0 Å². The summed E-state index contributed by atoms with van der Waals surface area (Å²) in [6, 6.07) is 15.4. The van der Waals surface area contributed by atoms with E-state index in [-0.39, 0.29) is 13.0 Å². The normalized spacial score (nSPS) is 13.3. The largest absolute Gasteiger partial charge is 0.459 e. The second kappa shape index (κ2) is 12.3. The van der Waals surface area contributed by atoms with Crippen molar-refractivity contribution in [3.63, 3.8) is 0 Å². The van der Waals surface area contributed by atoms with Gasteiger partial charge in [0, 0.05) is 0 Å². The quantitative estimate of drug-likeness (QED) is 0.440. The molecule has 2 atom stereocenters. The van der Waals surface area contributed by atoms with Gasteiger partial charge >= 0.3 is 18.0 Å². The minimum absolute atomic E-state index is 0.117. The number of esters is 1. The van der Waals surface area contributed by atoms with E-state index in [1.165, 1.54) is 0 Å². The first kappa shape index (κ1) is 27.7. The molecule has 3 N–H and O–H groups in total. The molecule has 0 spiro atoms. The van der Waals surface area contributed by atoms with E-state index in [0.717, 1.165) is 0 Å². The van der Waals surface area contributed by atoms with Crippen molar-refractivity contribution in [2.75, 3.05) is 6.54 Å². The third-order valence-electron chi connectivity index (χ3n) is 4.68. The van der Waals surface area contributed by atoms with Crippen molar-refractivity contribution in [3.05, 3.63) is 71.8 Å². The molecule has 0 aliphatic heterocycles. The predicted molar refractivity (Wildman–Crippen MR) is 124 cm³/mol. The first-order valence-electron chi connectivity index (χ1n) is 11.0. The zero-order chi connectivity index (χ0) is 26.1. The van der Waals surface area contributed by atoms with E-state index in [0.29, 0.717) is 11.1 Å². The van der Waals surface area contributed by atoms with Gasteiger partial charge in [0.2, 0.25) is 0 Å². The Kier molecular flexibility index (Phi) is 9.70. The second-order valence-electron chi connectivity index (χ2n) is 8.84. The number of ether oxygens (including phenoxy) is 2. The average Bonchev–Trinajstić information content (AvgIpc) is 2.80. The number of amides is 2. The number of alkyl carbamates (subject to hydrolysis) is 1. The fourth-order valence-corrected chi connectivity index (χ4v) is 3.06. The van der Waals surface area contributed by atoms with Crippen LogP contribution in [-0.2, 0) is 32.1 Å². The number of aliphatic hydroxyl groups excluding tert-OH is 1. The van der Waals surface area contributed by atoms with Crippen LogP contribution < -0.4 is 10.6 Å². The summed E-state index contributed by atoms with van der Waals surface area (Å²) in [5, 5.41) is 14.5. The topological polar surface area (TPSA) is 114 Å². The van der Waals surface area contributed by atoms with E-state index in [1.807, 2.05) is 0 Å². The minimum atomic E-state index is -4.34. The van der Waals surface area contributed by atoms with Gasteiger partial charge < -0.3 is 25.2 Å². The Morgan fingerprint density at radius 3 is 2.03 bits per heavy atom. The average molecular weight is 493 g/mol. The SMILES string of the molecule is CC(C)(C)OC(=O)CNC(=O)C(F)(F)C(O)[C@H](Cc1ccccc1)NC(=O)OCc1ccccc1. The van der Waals surface area contributed by atoms with Crippen LogP contribution in [0.1, 0.15) is 31.9 Å². The molecule has 0 saturated heterocycles. The molecule has 0 aliphatic rings. The van der Waals surface area contributed by atoms with Gasteiger partial charge in [0.1, 0.15) is 24.9 Å². The fourth-order valence-electron chi connectivity index (χ4n) is 3.06. The van der Waals surface area contributed by atoms with Crippen LogP contribution in [0, 0.1) is 0 Å². The number of carbonyl (C=O) groups excluding carboxylic acids is 3. The molecule has 2 amide bonds. The van der Waals surface area contributed by atoms with E-state index in [1.54, 1.807) is 86.8 Å². The molecule has 0 saturated carbocycles. The maximum Gasteiger partial charge on any atom is 0.407 e. The van der Waals surface area contributed by atoms with Gasteiger partial charge in [-0.2, -0.15) is 8.78 Å². The molecular formula is C25H30F2N2O6. The number of hydrogen-bond donors (Lipinski definition) is 3. The van der Waals surface area contributed by atoms with Gasteiger partial charge in [-0.1, -0.05) is 60.7 Å². The number of benzene rings is 2. The number of halogens is 2. The highest BCUT2D eigenvalue weighted by Gasteiger charge is 2.50. The summed E-state index contributed by atoms with van der Waals surface area (Å²) in [5.74, 6) is -7.14. The lowest BCUT2D eigenvalue weighted by molar-refractivity contribution is -0.169. The van der Waals surface area contributed by atoms with Gasteiger partial charge in [-0.3, -0.25) is 9.59 Å². The molecule has 10 heteroatoms. The van der Waals surface area contributed by atoms with Crippen LogP contribution in [0.4, 0.5) is 13.6 Å². The zero-order valence-corrected chi connectivity index (χ0v) is 19.8. The van der Waals surface area contributed by atoms with E-state index >= 15 is 0 Å². The molecule has 190 valence electrons. The third kappa shape index (κ3) is 9.32. The zero-order valence-electron chi connectivity index (χ0n) is 19.8. The van der Waals surface area contributed by atoms with Crippen molar-refractivity contribution in [3.8, 4) is 0 Å². The number of alkyl halides is 2. The van der Waals surface area contributed by atoms with Crippen molar-refractivity contribution in [1.29, 1.82) is 0 Å². The van der Waals surface area contributed by atoms with Gasteiger partial charge in [-0.05, 0) is 38.3 Å². The molecule has 2 rings (SSSR count). The number of carbonyl (C=O) groups is 3. The summed E-state index contributed by atoms with van der Waals surface area (Å²) < 4.78 is 39.7. The van der Waals surface area contributed by atoms with Crippen molar-refractivity contribution >= 4 is 18.0 Å². The number of aliphatic hydroxyl groups is 1. The molecule has 2 aromatic carbocycles. The molecule has 0 aliphatic carbocycles. The fraction of sp³-hybridized carbons (Fsp3) is 0.400. The first-order chi connectivity index (χ1) is 16.4. The lowest BCUT2D eigenvalue weighted by atomic mass is 9.96. The van der Waals surface area contributed by atoms with Gasteiger partial charge in [0.05, 0.1) is 6.04 Å². The Labute approximate surface area is 202 Å². The van der Waals surface area contributed by atoms with E-state index in [4.69, 9.17) is 9.47 Å². The van der Waals surface area contributed by atoms with E-state index in [9.17, 15) is 28.3 Å². The van der Waals surface area contributed by atoms with Crippen LogP contribution in [0.15, 0.2) is 60.7 Å². The van der Waals surface area contributed by atoms with Crippen LogP contribution in [0.5, 0.6) is 0 Å². The highest BCUT2D eigenvalue weighted by molar-refractivity contribution is 5.87. The molecule has 0 fully saturated rings. The summed E-state index contributed by atoms with van der Waals surface area (Å²) in [7, 11) is 0. The smallest absolute Gasteiger partial charge is 0.407 e. The van der Waals surface area contributed by atoms with Crippen molar-refractivity contribution < 1.29 is 37.7 Å². The summed E-state index contributed by atoms with van der Waals surface area (Å²) >= 11 is 0. The lowest BCUT2D eigenvalue weighted by Gasteiger charge is -2.29. The molecular weight excluding hydrogens is 462 g/mol. The summed E-state index contributed by atoms with van der Waals surface area (Å²) in [5.41, 5.74) is 0.341. The number of hydrogen-bond acceptors (Lipinski definition) is 6. The van der Waals surface area contributed by atoms with Crippen molar-refractivity contribution in [2.45, 2.75) is 57.5 Å². The molecule has 35 heavy (non-hydrogen) atoms. The van der Waals surface area contributed by atoms with Crippen LogP contribution >= 0.6 is 0 Å². The second-order valence-corrected chi connectivity index (χ2v) is 8.84. The molecule has 0 aromatic heterocycles. The summed E-state index contributed by atoms with van der Waals surface area (Å²) in [4.78, 5) is 36.2. The van der Waals surface area contributed by atoms with Gasteiger partial charge in [0.15, 0.2) is 0 Å². The van der Waals surface area contributed by atoms with Crippen molar-refractivity contribution in [1.82, 2.24) is 10.6 Å². The Morgan fingerprint density at radius 2 is 1.49 bits per heavy atom. The Morgan fingerprint density at radius 1 is 0.943 bits per heavy atom. The summed E-state index contributed by atoms with van der Waals surface area (Å²) in [6.07, 6.45) is -3.87. The Hall–Kier alpha value is -3.53. The first-order valence-corrected chi connectivity index (χ1v) is 11.0. The van der Waals surface area contributed by atoms with Gasteiger partial charge in [-0.15, -0.1) is 0 Å². The standard InChI is InChI=1S/C25H30F2N2O6/c1-24(2,3)35-20(30)15-28-22(32)25(26,27)21(31)19(14-17-10-6-4-7-11-17)29-23(33)34-16-18-12-8-5-9-13-18/h4-13,19,21,31H,14-16H2,1-3H3,(H,28,32)(H,29,33)/t19-,21?/m0/s1. The predicted octanol–water partition coefficient (Wildman–Crippen LogP) is 2.98. The van der Waals surface area contributed by atoms with Crippen LogP contribution in [0.2, 0.25) is 0 Å². The number of rotatable bonds is 10. The molecule has 8 nitrogen and oxygen atoms in total. The summed E-state index contributed by atoms with van der Waals surface area (Å²) in [6.45, 7) is 3.83. The molecule has 1 unspecified atom stereocenters. The monoisotopic (exact) mass is 492 g/mol. The van der Waals surface area contributed by atoms with Gasteiger partial charge in [0.25, 0.3) is 5.91 Å². The van der Waals surface area contributed by atoms with E-state index in [2.05, 4.69) is 5.32 Å². The number of nitrogens with one attached hydrogen (secondary N) is 2. The van der Waals surface area contributed by atoms with E-state index < -0.39 is 48.2 Å². The highest BCUT2D eigenvalue weighted by atomic mass is 19.3. The minimum Gasteiger partial charge on any atom is -0.459 e. The third-order valence-corrected chi connectivity index (χ3v) is 4.68.